The molecule has 2 rings (SSSR count). The zero-order valence-corrected chi connectivity index (χ0v) is 12.6. The molecule has 0 saturated heterocycles. The van der Waals surface area contributed by atoms with E-state index in [4.69, 9.17) is 0 Å². The highest BCUT2D eigenvalue weighted by Gasteiger charge is 2.20. The predicted molar refractivity (Wildman–Crippen MR) is 82.8 cm³/mol. The lowest BCUT2D eigenvalue weighted by molar-refractivity contribution is -0.122. The molecule has 1 aromatic carbocycles. The Labute approximate surface area is 125 Å². The molecule has 0 spiro atoms. The summed E-state index contributed by atoms with van der Waals surface area (Å²) >= 11 is 1.80. The van der Waals surface area contributed by atoms with Crippen molar-refractivity contribution in [3.63, 3.8) is 0 Å². The first-order valence-electron chi connectivity index (χ1n) is 7.39. The predicted octanol–water partition coefficient (Wildman–Crippen LogP) is 2.98. The topological polar surface area (TPSA) is 49.3 Å². The average Bonchev–Trinajstić information content (AvgIpc) is 2.47. The maximum Gasteiger partial charge on any atom is 0.220 e. The van der Waals surface area contributed by atoms with Gasteiger partial charge < -0.3 is 10.4 Å². The van der Waals surface area contributed by atoms with Crippen LogP contribution in [0.15, 0.2) is 35.2 Å². The third-order valence-electron chi connectivity index (χ3n) is 3.62. The molecule has 1 aliphatic rings. The second-order valence-electron chi connectivity index (χ2n) is 5.34. The minimum Gasteiger partial charge on any atom is -0.393 e. The number of nitrogens with one attached hydrogen (secondary N) is 1. The number of thioether (sulfide) groups is 1. The zero-order valence-electron chi connectivity index (χ0n) is 11.8. The van der Waals surface area contributed by atoms with Crippen molar-refractivity contribution in [1.82, 2.24) is 5.32 Å². The van der Waals surface area contributed by atoms with Crippen molar-refractivity contribution in [3.8, 4) is 0 Å². The number of rotatable bonds is 6. The Hall–Kier alpha value is -1.00. The van der Waals surface area contributed by atoms with Crippen LogP contribution in [0.2, 0.25) is 0 Å². The normalized spacial score (nSPS) is 22.4. The monoisotopic (exact) mass is 293 g/mol. The van der Waals surface area contributed by atoms with Gasteiger partial charge in [0, 0.05) is 17.4 Å². The summed E-state index contributed by atoms with van der Waals surface area (Å²) in [5.41, 5.74) is 0. The second kappa shape index (κ2) is 8.32. The summed E-state index contributed by atoms with van der Waals surface area (Å²) in [6, 6.07) is 10.5. The summed E-state index contributed by atoms with van der Waals surface area (Å²) in [4.78, 5) is 13.1. The van der Waals surface area contributed by atoms with Gasteiger partial charge in [0.05, 0.1) is 6.10 Å². The summed E-state index contributed by atoms with van der Waals surface area (Å²) in [7, 11) is 0. The van der Waals surface area contributed by atoms with Crippen LogP contribution in [0.25, 0.3) is 0 Å². The molecule has 0 bridgehead atoms. The molecule has 0 radical (unpaired) electrons. The number of carbonyl (C=O) groups is 1. The molecule has 20 heavy (non-hydrogen) atoms. The minimum atomic E-state index is -0.162. The Morgan fingerprint density at radius 1 is 1.20 bits per heavy atom. The number of benzene rings is 1. The Kier molecular flexibility index (Phi) is 6.40. The van der Waals surface area contributed by atoms with Crippen LogP contribution in [-0.2, 0) is 4.79 Å². The highest BCUT2D eigenvalue weighted by Crippen LogP contribution is 2.20. The molecule has 0 aliphatic heterocycles. The standard InChI is InChI=1S/C16H23NO2S/c18-14-10-8-13(9-11-14)17-16(19)7-4-12-20-15-5-2-1-3-6-15/h1-3,5-6,13-14,18H,4,7-12H2,(H,17,19). The molecule has 1 fully saturated rings. The van der Waals surface area contributed by atoms with E-state index < -0.39 is 0 Å². The van der Waals surface area contributed by atoms with E-state index in [0.29, 0.717) is 6.42 Å². The number of hydrogen-bond acceptors (Lipinski definition) is 3. The largest absolute Gasteiger partial charge is 0.393 e. The van der Waals surface area contributed by atoms with Crippen LogP contribution in [0, 0.1) is 0 Å². The van der Waals surface area contributed by atoms with Crippen LogP contribution in [-0.4, -0.2) is 28.9 Å². The van der Waals surface area contributed by atoms with Crippen molar-refractivity contribution >= 4 is 17.7 Å². The maximum absolute atomic E-state index is 11.8. The number of amides is 1. The van der Waals surface area contributed by atoms with E-state index in [-0.39, 0.29) is 18.1 Å². The van der Waals surface area contributed by atoms with Gasteiger partial charge in [-0.15, -0.1) is 11.8 Å². The van der Waals surface area contributed by atoms with Crippen LogP contribution in [0.4, 0.5) is 0 Å². The molecule has 0 heterocycles. The summed E-state index contributed by atoms with van der Waals surface area (Å²) in [6.07, 6.45) is 4.78. The summed E-state index contributed by atoms with van der Waals surface area (Å²) in [5.74, 6) is 1.13. The number of aliphatic hydroxyl groups excluding tert-OH is 1. The van der Waals surface area contributed by atoms with Gasteiger partial charge in [-0.3, -0.25) is 4.79 Å². The van der Waals surface area contributed by atoms with Gasteiger partial charge in [-0.05, 0) is 50.0 Å². The molecule has 4 heteroatoms. The number of carbonyl (C=O) groups excluding carboxylic acids is 1. The lowest BCUT2D eigenvalue weighted by Crippen LogP contribution is -2.38. The molecule has 1 amide bonds. The number of hydrogen-bond donors (Lipinski definition) is 2. The van der Waals surface area contributed by atoms with Gasteiger partial charge in [0.1, 0.15) is 0 Å². The molecule has 3 nitrogen and oxygen atoms in total. The molecule has 1 aliphatic carbocycles. The van der Waals surface area contributed by atoms with E-state index in [1.54, 1.807) is 11.8 Å². The van der Waals surface area contributed by atoms with Gasteiger partial charge in [-0.2, -0.15) is 0 Å². The van der Waals surface area contributed by atoms with Crippen molar-refractivity contribution in [2.75, 3.05) is 5.75 Å². The Morgan fingerprint density at radius 3 is 2.60 bits per heavy atom. The Balaban J connectivity index is 1.56. The Morgan fingerprint density at radius 2 is 1.90 bits per heavy atom. The number of aliphatic hydroxyl groups is 1. The van der Waals surface area contributed by atoms with Gasteiger partial charge in [-0.1, -0.05) is 18.2 Å². The smallest absolute Gasteiger partial charge is 0.220 e. The van der Waals surface area contributed by atoms with Gasteiger partial charge in [-0.25, -0.2) is 0 Å². The summed E-state index contributed by atoms with van der Waals surface area (Å²) < 4.78 is 0. The van der Waals surface area contributed by atoms with E-state index >= 15 is 0 Å². The molecule has 1 saturated carbocycles. The second-order valence-corrected chi connectivity index (χ2v) is 6.51. The Bertz CT molecular complexity index is 402. The van der Waals surface area contributed by atoms with Gasteiger partial charge in [0.15, 0.2) is 0 Å². The lowest BCUT2D eigenvalue weighted by atomic mass is 9.93. The maximum atomic E-state index is 11.8. The molecular formula is C16H23NO2S. The van der Waals surface area contributed by atoms with E-state index in [1.807, 2.05) is 18.2 Å². The molecule has 110 valence electrons. The minimum absolute atomic E-state index is 0.153. The first-order valence-corrected chi connectivity index (χ1v) is 8.38. The quantitative estimate of drug-likeness (QED) is 0.626. The highest BCUT2D eigenvalue weighted by atomic mass is 32.2. The van der Waals surface area contributed by atoms with Crippen molar-refractivity contribution in [1.29, 1.82) is 0 Å². The van der Waals surface area contributed by atoms with Crippen LogP contribution in [0.1, 0.15) is 38.5 Å². The van der Waals surface area contributed by atoms with Crippen LogP contribution < -0.4 is 5.32 Å². The fourth-order valence-corrected chi connectivity index (χ4v) is 3.33. The van der Waals surface area contributed by atoms with Crippen molar-refractivity contribution < 1.29 is 9.90 Å². The molecular weight excluding hydrogens is 270 g/mol. The fraction of sp³-hybridized carbons (Fsp3) is 0.562. The van der Waals surface area contributed by atoms with E-state index in [1.165, 1.54) is 4.90 Å². The van der Waals surface area contributed by atoms with Crippen LogP contribution in [0.3, 0.4) is 0 Å². The van der Waals surface area contributed by atoms with Crippen molar-refractivity contribution in [2.45, 2.75) is 55.6 Å². The third kappa shape index (κ3) is 5.55. The first kappa shape index (κ1) is 15.4. The van der Waals surface area contributed by atoms with Crippen molar-refractivity contribution in [3.05, 3.63) is 30.3 Å². The van der Waals surface area contributed by atoms with E-state index in [9.17, 15) is 9.90 Å². The van der Waals surface area contributed by atoms with Crippen molar-refractivity contribution in [2.24, 2.45) is 0 Å². The molecule has 0 aromatic heterocycles. The van der Waals surface area contributed by atoms with Gasteiger partial charge >= 0.3 is 0 Å². The fourth-order valence-electron chi connectivity index (χ4n) is 2.46. The van der Waals surface area contributed by atoms with Gasteiger partial charge in [0.25, 0.3) is 0 Å². The molecule has 0 atom stereocenters. The zero-order chi connectivity index (χ0) is 14.2. The highest BCUT2D eigenvalue weighted by molar-refractivity contribution is 7.99. The first-order chi connectivity index (χ1) is 9.74. The van der Waals surface area contributed by atoms with Crippen LogP contribution >= 0.6 is 11.8 Å². The molecule has 2 N–H and O–H groups in total. The molecule has 0 unspecified atom stereocenters. The molecule has 1 aromatic rings. The summed E-state index contributed by atoms with van der Waals surface area (Å²) in [5, 5.41) is 12.5. The summed E-state index contributed by atoms with van der Waals surface area (Å²) in [6.45, 7) is 0. The van der Waals surface area contributed by atoms with Crippen LogP contribution in [0.5, 0.6) is 0 Å². The van der Waals surface area contributed by atoms with Gasteiger partial charge in [0.2, 0.25) is 5.91 Å². The van der Waals surface area contributed by atoms with E-state index in [2.05, 4.69) is 17.4 Å². The third-order valence-corrected chi connectivity index (χ3v) is 4.72. The SMILES string of the molecule is O=C(CCCSc1ccccc1)NC1CCC(O)CC1. The average molecular weight is 293 g/mol. The lowest BCUT2D eigenvalue weighted by Gasteiger charge is -2.26. The van der Waals surface area contributed by atoms with E-state index in [0.717, 1.165) is 37.9 Å².